The van der Waals surface area contributed by atoms with Gasteiger partial charge >= 0.3 is 5.97 Å². The molecule has 1 aromatic rings. The van der Waals surface area contributed by atoms with Crippen molar-refractivity contribution in [2.45, 2.75) is 26.0 Å². The van der Waals surface area contributed by atoms with Gasteiger partial charge in [0.2, 0.25) is 5.91 Å². The van der Waals surface area contributed by atoms with Gasteiger partial charge in [-0.2, -0.15) is 0 Å². The average Bonchev–Trinajstić information content (AvgIpc) is 2.94. The van der Waals surface area contributed by atoms with Crippen molar-refractivity contribution in [3.05, 3.63) is 16.1 Å². The van der Waals surface area contributed by atoms with E-state index in [1.807, 2.05) is 6.92 Å². The summed E-state index contributed by atoms with van der Waals surface area (Å²) in [7, 11) is 0. The molecule has 6 nitrogen and oxygen atoms in total. The van der Waals surface area contributed by atoms with Crippen LogP contribution in [0.5, 0.6) is 0 Å². The number of carbonyl (C=O) groups excluding carboxylic acids is 1. The van der Waals surface area contributed by atoms with Crippen LogP contribution in [0.1, 0.15) is 28.8 Å². The smallest absolute Gasteiger partial charge is 0.355 e. The van der Waals surface area contributed by atoms with Crippen molar-refractivity contribution in [2.24, 2.45) is 5.92 Å². The Morgan fingerprint density at radius 3 is 3.00 bits per heavy atom. The van der Waals surface area contributed by atoms with E-state index in [2.05, 4.69) is 10.3 Å². The highest BCUT2D eigenvalue weighted by molar-refractivity contribution is 7.09. The molecule has 98 valence electrons. The van der Waals surface area contributed by atoms with Crippen LogP contribution in [0.3, 0.4) is 0 Å². The van der Waals surface area contributed by atoms with E-state index in [0.717, 1.165) is 6.42 Å². The lowest BCUT2D eigenvalue weighted by molar-refractivity contribution is -0.126. The molecule has 7 heteroatoms. The Labute approximate surface area is 108 Å². The third kappa shape index (κ3) is 2.85. The fourth-order valence-corrected chi connectivity index (χ4v) is 2.57. The molecule has 0 aliphatic carbocycles. The Hall–Kier alpha value is -1.47. The van der Waals surface area contributed by atoms with Gasteiger partial charge < -0.3 is 15.2 Å². The first kappa shape index (κ1) is 13.0. The van der Waals surface area contributed by atoms with E-state index < -0.39 is 5.97 Å². The third-order valence-electron chi connectivity index (χ3n) is 2.90. The zero-order chi connectivity index (χ0) is 13.1. The van der Waals surface area contributed by atoms with Crippen molar-refractivity contribution in [2.75, 3.05) is 6.61 Å². The first-order chi connectivity index (χ1) is 8.58. The molecule has 1 saturated heterocycles. The molecule has 1 aliphatic rings. The van der Waals surface area contributed by atoms with Crippen LogP contribution >= 0.6 is 11.3 Å². The molecule has 1 amide bonds. The first-order valence-corrected chi connectivity index (χ1v) is 6.53. The monoisotopic (exact) mass is 270 g/mol. The molecule has 0 aromatic carbocycles. The van der Waals surface area contributed by atoms with Crippen molar-refractivity contribution in [1.29, 1.82) is 0 Å². The second-order valence-corrected chi connectivity index (χ2v) is 5.06. The van der Waals surface area contributed by atoms with Gasteiger partial charge in [-0.3, -0.25) is 4.79 Å². The number of aromatic nitrogens is 1. The molecule has 1 aromatic heterocycles. The molecule has 0 radical (unpaired) electrons. The molecule has 18 heavy (non-hydrogen) atoms. The first-order valence-electron chi connectivity index (χ1n) is 5.65. The van der Waals surface area contributed by atoms with E-state index in [1.54, 1.807) is 0 Å². The second-order valence-electron chi connectivity index (χ2n) is 4.12. The Balaban J connectivity index is 1.87. The van der Waals surface area contributed by atoms with Gasteiger partial charge in [-0.25, -0.2) is 9.78 Å². The SMILES string of the molecule is CC1OCCC1C(=O)NCc1nc(C(=O)O)cs1. The van der Waals surface area contributed by atoms with E-state index in [9.17, 15) is 9.59 Å². The summed E-state index contributed by atoms with van der Waals surface area (Å²) in [4.78, 5) is 26.4. The maximum atomic E-state index is 11.8. The number of rotatable bonds is 4. The minimum absolute atomic E-state index is 0.0156. The number of aromatic carboxylic acids is 1. The van der Waals surface area contributed by atoms with E-state index in [0.29, 0.717) is 11.6 Å². The molecule has 2 heterocycles. The number of hydrogen-bond acceptors (Lipinski definition) is 5. The van der Waals surface area contributed by atoms with Gasteiger partial charge in [-0.05, 0) is 13.3 Å². The van der Waals surface area contributed by atoms with Crippen molar-refractivity contribution in [3.8, 4) is 0 Å². The normalized spacial score (nSPS) is 22.9. The number of nitrogens with zero attached hydrogens (tertiary/aromatic N) is 1. The highest BCUT2D eigenvalue weighted by Crippen LogP contribution is 2.20. The van der Waals surface area contributed by atoms with Crippen molar-refractivity contribution < 1.29 is 19.4 Å². The predicted molar refractivity (Wildman–Crippen MR) is 64.4 cm³/mol. The minimum atomic E-state index is -1.05. The van der Waals surface area contributed by atoms with Crippen LogP contribution < -0.4 is 5.32 Å². The van der Waals surface area contributed by atoms with Crippen LogP contribution in [0.4, 0.5) is 0 Å². The van der Waals surface area contributed by atoms with E-state index >= 15 is 0 Å². The summed E-state index contributed by atoms with van der Waals surface area (Å²) in [6.07, 6.45) is 0.668. The van der Waals surface area contributed by atoms with Gasteiger partial charge in [0.05, 0.1) is 18.6 Å². The molecular weight excluding hydrogens is 256 g/mol. The quantitative estimate of drug-likeness (QED) is 0.848. The fraction of sp³-hybridized carbons (Fsp3) is 0.545. The molecule has 1 aliphatic heterocycles. The lowest BCUT2D eigenvalue weighted by atomic mass is 10.0. The number of amides is 1. The summed E-state index contributed by atoms with van der Waals surface area (Å²) in [5.74, 6) is -1.24. The lowest BCUT2D eigenvalue weighted by Gasteiger charge is -2.13. The molecule has 2 rings (SSSR count). The minimum Gasteiger partial charge on any atom is -0.476 e. The van der Waals surface area contributed by atoms with E-state index in [1.165, 1.54) is 16.7 Å². The zero-order valence-electron chi connectivity index (χ0n) is 9.88. The average molecular weight is 270 g/mol. The predicted octanol–water partition coefficient (Wildman–Crippen LogP) is 0.883. The van der Waals surface area contributed by atoms with Crippen molar-refractivity contribution >= 4 is 23.2 Å². The number of carboxylic acids is 1. The van der Waals surface area contributed by atoms with Gasteiger partial charge in [0.1, 0.15) is 5.01 Å². The molecule has 0 bridgehead atoms. The van der Waals surface area contributed by atoms with Crippen LogP contribution in [0.25, 0.3) is 0 Å². The maximum Gasteiger partial charge on any atom is 0.355 e. The van der Waals surface area contributed by atoms with E-state index in [4.69, 9.17) is 9.84 Å². The molecular formula is C11H14N2O4S. The van der Waals surface area contributed by atoms with E-state index in [-0.39, 0.29) is 30.2 Å². The van der Waals surface area contributed by atoms with Crippen LogP contribution in [0.2, 0.25) is 0 Å². The standard InChI is InChI=1S/C11H14N2O4S/c1-6-7(2-3-17-6)10(14)12-4-9-13-8(5-18-9)11(15)16/h5-7H,2-4H2,1H3,(H,12,14)(H,15,16). The highest BCUT2D eigenvalue weighted by atomic mass is 32.1. The molecule has 2 unspecified atom stereocenters. The second kappa shape index (κ2) is 5.45. The summed E-state index contributed by atoms with van der Waals surface area (Å²) >= 11 is 1.23. The van der Waals surface area contributed by atoms with Crippen LogP contribution in [-0.4, -0.2) is 34.7 Å². The third-order valence-corrected chi connectivity index (χ3v) is 3.75. The van der Waals surface area contributed by atoms with Crippen LogP contribution in [0.15, 0.2) is 5.38 Å². The van der Waals surface area contributed by atoms with Crippen molar-refractivity contribution in [1.82, 2.24) is 10.3 Å². The lowest BCUT2D eigenvalue weighted by Crippen LogP contribution is -2.33. The van der Waals surface area contributed by atoms with Gasteiger partial charge in [-0.15, -0.1) is 11.3 Å². The molecule has 0 spiro atoms. The van der Waals surface area contributed by atoms with Gasteiger partial charge in [0.25, 0.3) is 0 Å². The number of thiazole rings is 1. The summed E-state index contributed by atoms with van der Waals surface area (Å²) < 4.78 is 5.32. The summed E-state index contributed by atoms with van der Waals surface area (Å²) in [6, 6.07) is 0. The van der Waals surface area contributed by atoms with Crippen molar-refractivity contribution in [3.63, 3.8) is 0 Å². The summed E-state index contributed by atoms with van der Waals surface area (Å²) in [6.45, 7) is 2.75. The molecule has 2 atom stereocenters. The summed E-state index contributed by atoms with van der Waals surface area (Å²) in [5.41, 5.74) is 0.0156. The van der Waals surface area contributed by atoms with Gasteiger partial charge in [-0.1, -0.05) is 0 Å². The molecule has 1 fully saturated rings. The molecule has 2 N–H and O–H groups in total. The molecule has 0 saturated carbocycles. The summed E-state index contributed by atoms with van der Waals surface area (Å²) in [5, 5.41) is 13.5. The number of carbonyl (C=O) groups is 2. The highest BCUT2D eigenvalue weighted by Gasteiger charge is 2.30. The Morgan fingerprint density at radius 2 is 2.44 bits per heavy atom. The largest absolute Gasteiger partial charge is 0.476 e. The number of hydrogen-bond donors (Lipinski definition) is 2. The topological polar surface area (TPSA) is 88.5 Å². The van der Waals surface area contributed by atoms with Crippen LogP contribution in [0, 0.1) is 5.92 Å². The van der Waals surface area contributed by atoms with Crippen LogP contribution in [-0.2, 0) is 16.1 Å². The number of nitrogens with one attached hydrogen (secondary N) is 1. The number of carboxylic acid groups (broad SMARTS) is 1. The number of ether oxygens (including phenoxy) is 1. The Morgan fingerprint density at radius 1 is 1.67 bits per heavy atom. The fourth-order valence-electron chi connectivity index (χ4n) is 1.86. The Kier molecular flexibility index (Phi) is 3.93. The Bertz CT molecular complexity index is 460. The zero-order valence-corrected chi connectivity index (χ0v) is 10.7. The maximum absolute atomic E-state index is 11.8. The van der Waals surface area contributed by atoms with Gasteiger partial charge in [0.15, 0.2) is 5.69 Å². The van der Waals surface area contributed by atoms with Gasteiger partial charge in [0, 0.05) is 12.0 Å².